The summed E-state index contributed by atoms with van der Waals surface area (Å²) in [6.07, 6.45) is 2.91. The highest BCUT2D eigenvalue weighted by Crippen LogP contribution is 2.23. The monoisotopic (exact) mass is 244 g/mol. The summed E-state index contributed by atoms with van der Waals surface area (Å²) in [6, 6.07) is 9.79. The Morgan fingerprint density at radius 1 is 1.39 bits per heavy atom. The Hall–Kier alpha value is -2.10. The maximum atomic E-state index is 11.1. The summed E-state index contributed by atoms with van der Waals surface area (Å²) in [5.41, 5.74) is 2.81. The number of aromatic amines is 1. The van der Waals surface area contributed by atoms with E-state index in [1.54, 1.807) is 6.20 Å². The van der Waals surface area contributed by atoms with Gasteiger partial charge in [0.15, 0.2) is 0 Å². The van der Waals surface area contributed by atoms with Crippen molar-refractivity contribution >= 4 is 5.97 Å². The SMILES string of the molecule is CCC(Cc1c[nH]nc1-c1ccccc1)C(=O)O. The fourth-order valence-electron chi connectivity index (χ4n) is 1.99. The zero-order valence-corrected chi connectivity index (χ0v) is 10.3. The molecule has 0 aliphatic rings. The molecule has 0 aliphatic carbocycles. The quantitative estimate of drug-likeness (QED) is 0.849. The molecule has 1 heterocycles. The fourth-order valence-corrected chi connectivity index (χ4v) is 1.99. The minimum atomic E-state index is -0.752. The van der Waals surface area contributed by atoms with Crippen molar-refractivity contribution in [1.29, 1.82) is 0 Å². The molecule has 0 fully saturated rings. The average Bonchev–Trinajstić information content (AvgIpc) is 2.84. The van der Waals surface area contributed by atoms with E-state index in [0.717, 1.165) is 16.8 Å². The van der Waals surface area contributed by atoms with Crippen LogP contribution in [0.15, 0.2) is 36.5 Å². The summed E-state index contributed by atoms with van der Waals surface area (Å²) in [7, 11) is 0. The van der Waals surface area contributed by atoms with Crippen LogP contribution in [0.2, 0.25) is 0 Å². The van der Waals surface area contributed by atoms with Gasteiger partial charge in [0, 0.05) is 11.8 Å². The molecule has 0 saturated carbocycles. The molecule has 0 bridgehead atoms. The van der Waals surface area contributed by atoms with Gasteiger partial charge in [0.25, 0.3) is 0 Å². The van der Waals surface area contributed by atoms with E-state index >= 15 is 0 Å². The van der Waals surface area contributed by atoms with E-state index in [2.05, 4.69) is 10.2 Å². The van der Waals surface area contributed by atoms with Crippen LogP contribution in [0.4, 0.5) is 0 Å². The molecule has 4 heteroatoms. The lowest BCUT2D eigenvalue weighted by atomic mass is 9.95. The first-order chi connectivity index (χ1) is 8.72. The molecular formula is C14H16N2O2. The van der Waals surface area contributed by atoms with E-state index in [1.165, 1.54) is 0 Å². The van der Waals surface area contributed by atoms with Crippen molar-refractivity contribution in [3.05, 3.63) is 42.1 Å². The van der Waals surface area contributed by atoms with Crippen LogP contribution in [0, 0.1) is 5.92 Å². The van der Waals surface area contributed by atoms with Gasteiger partial charge in [-0.05, 0) is 18.4 Å². The minimum Gasteiger partial charge on any atom is -0.481 e. The Bertz CT molecular complexity index is 520. The Kier molecular flexibility index (Phi) is 3.77. The van der Waals surface area contributed by atoms with Crippen LogP contribution in [0.5, 0.6) is 0 Å². The molecule has 94 valence electrons. The number of aliphatic carboxylic acids is 1. The van der Waals surface area contributed by atoms with E-state index in [9.17, 15) is 4.79 Å². The van der Waals surface area contributed by atoms with Gasteiger partial charge in [0.2, 0.25) is 0 Å². The smallest absolute Gasteiger partial charge is 0.306 e. The van der Waals surface area contributed by atoms with Crippen LogP contribution in [0.1, 0.15) is 18.9 Å². The topological polar surface area (TPSA) is 66.0 Å². The third-order valence-electron chi connectivity index (χ3n) is 3.07. The van der Waals surface area contributed by atoms with E-state index in [-0.39, 0.29) is 5.92 Å². The van der Waals surface area contributed by atoms with Gasteiger partial charge in [-0.15, -0.1) is 0 Å². The number of H-pyrrole nitrogens is 1. The van der Waals surface area contributed by atoms with E-state index in [0.29, 0.717) is 12.8 Å². The second-order valence-corrected chi connectivity index (χ2v) is 4.27. The predicted molar refractivity (Wildman–Crippen MR) is 69.1 cm³/mol. The van der Waals surface area contributed by atoms with Crippen LogP contribution in [-0.4, -0.2) is 21.3 Å². The molecule has 2 N–H and O–H groups in total. The molecule has 4 nitrogen and oxygen atoms in total. The lowest BCUT2D eigenvalue weighted by Crippen LogP contribution is -2.15. The molecular weight excluding hydrogens is 228 g/mol. The third-order valence-corrected chi connectivity index (χ3v) is 3.07. The highest BCUT2D eigenvalue weighted by atomic mass is 16.4. The van der Waals surface area contributed by atoms with Crippen molar-refractivity contribution in [3.63, 3.8) is 0 Å². The molecule has 0 spiro atoms. The predicted octanol–water partition coefficient (Wildman–Crippen LogP) is 2.73. The van der Waals surface area contributed by atoms with Crippen LogP contribution < -0.4 is 0 Å². The second kappa shape index (κ2) is 5.49. The second-order valence-electron chi connectivity index (χ2n) is 4.27. The van der Waals surface area contributed by atoms with Crippen LogP contribution in [0.25, 0.3) is 11.3 Å². The summed E-state index contributed by atoms with van der Waals surface area (Å²) >= 11 is 0. The summed E-state index contributed by atoms with van der Waals surface area (Å²) in [5, 5.41) is 16.1. The molecule has 2 aromatic rings. The van der Waals surface area contributed by atoms with E-state index < -0.39 is 5.97 Å². The Morgan fingerprint density at radius 2 is 2.11 bits per heavy atom. The third kappa shape index (κ3) is 2.59. The van der Waals surface area contributed by atoms with Crippen LogP contribution in [-0.2, 0) is 11.2 Å². The number of carboxylic acid groups (broad SMARTS) is 1. The Morgan fingerprint density at radius 3 is 2.72 bits per heavy atom. The number of nitrogens with one attached hydrogen (secondary N) is 1. The normalized spacial score (nSPS) is 12.3. The number of benzene rings is 1. The van der Waals surface area contributed by atoms with Crippen molar-refractivity contribution in [2.75, 3.05) is 0 Å². The van der Waals surface area contributed by atoms with Gasteiger partial charge < -0.3 is 5.11 Å². The van der Waals surface area contributed by atoms with E-state index in [4.69, 9.17) is 5.11 Å². The number of carbonyl (C=O) groups is 1. The number of hydrogen-bond donors (Lipinski definition) is 2. The first kappa shape index (κ1) is 12.4. The largest absolute Gasteiger partial charge is 0.481 e. The lowest BCUT2D eigenvalue weighted by molar-refractivity contribution is -0.141. The first-order valence-corrected chi connectivity index (χ1v) is 6.03. The van der Waals surface area contributed by atoms with E-state index in [1.807, 2.05) is 37.3 Å². The lowest BCUT2D eigenvalue weighted by Gasteiger charge is -2.09. The van der Waals surface area contributed by atoms with Crippen molar-refractivity contribution in [2.45, 2.75) is 19.8 Å². The standard InChI is InChI=1S/C14H16N2O2/c1-2-10(14(17)18)8-12-9-15-16-13(12)11-6-4-3-5-7-11/h3-7,9-10H,2,8H2,1H3,(H,15,16)(H,17,18). The van der Waals surface area contributed by atoms with Gasteiger partial charge in [-0.25, -0.2) is 0 Å². The molecule has 0 radical (unpaired) electrons. The average molecular weight is 244 g/mol. The molecule has 1 aromatic carbocycles. The number of carboxylic acids is 1. The maximum Gasteiger partial charge on any atom is 0.306 e. The number of nitrogens with zero attached hydrogens (tertiary/aromatic N) is 1. The van der Waals surface area contributed by atoms with Gasteiger partial charge in [-0.2, -0.15) is 5.10 Å². The number of aromatic nitrogens is 2. The minimum absolute atomic E-state index is 0.356. The van der Waals surface area contributed by atoms with Crippen LogP contribution >= 0.6 is 0 Å². The Labute approximate surface area is 106 Å². The Balaban J connectivity index is 2.26. The van der Waals surface area contributed by atoms with Gasteiger partial charge in [-0.1, -0.05) is 37.3 Å². The molecule has 1 unspecified atom stereocenters. The highest BCUT2D eigenvalue weighted by molar-refractivity contribution is 5.71. The van der Waals surface area contributed by atoms with Gasteiger partial charge in [-0.3, -0.25) is 9.89 Å². The maximum absolute atomic E-state index is 11.1. The highest BCUT2D eigenvalue weighted by Gasteiger charge is 2.19. The number of rotatable bonds is 5. The van der Waals surface area contributed by atoms with Crippen molar-refractivity contribution in [2.24, 2.45) is 5.92 Å². The zero-order chi connectivity index (χ0) is 13.0. The first-order valence-electron chi connectivity index (χ1n) is 6.03. The zero-order valence-electron chi connectivity index (χ0n) is 10.3. The van der Waals surface area contributed by atoms with Crippen LogP contribution in [0.3, 0.4) is 0 Å². The molecule has 1 atom stereocenters. The summed E-state index contributed by atoms with van der Waals surface area (Å²) in [5.74, 6) is -1.11. The molecule has 18 heavy (non-hydrogen) atoms. The molecule has 2 rings (SSSR count). The van der Waals surface area contributed by atoms with Crippen molar-refractivity contribution in [1.82, 2.24) is 10.2 Å². The van der Waals surface area contributed by atoms with Gasteiger partial charge in [0.05, 0.1) is 11.6 Å². The van der Waals surface area contributed by atoms with Crippen molar-refractivity contribution < 1.29 is 9.90 Å². The molecule has 0 amide bonds. The molecule has 0 aliphatic heterocycles. The molecule has 1 aromatic heterocycles. The number of hydrogen-bond acceptors (Lipinski definition) is 2. The fraction of sp³-hybridized carbons (Fsp3) is 0.286. The van der Waals surface area contributed by atoms with Gasteiger partial charge >= 0.3 is 5.97 Å². The summed E-state index contributed by atoms with van der Waals surface area (Å²) in [6.45, 7) is 1.89. The summed E-state index contributed by atoms with van der Waals surface area (Å²) < 4.78 is 0. The molecule has 0 saturated heterocycles. The van der Waals surface area contributed by atoms with Gasteiger partial charge in [0.1, 0.15) is 0 Å². The van der Waals surface area contributed by atoms with Crippen molar-refractivity contribution in [3.8, 4) is 11.3 Å². The summed E-state index contributed by atoms with van der Waals surface area (Å²) in [4.78, 5) is 11.1.